The molecule has 3 heterocycles. The molecule has 0 aliphatic carbocycles. The van der Waals surface area contributed by atoms with Gasteiger partial charge in [0.05, 0.1) is 24.9 Å². The fourth-order valence-corrected chi connectivity index (χ4v) is 3.76. The maximum absolute atomic E-state index is 13.0. The van der Waals surface area contributed by atoms with Gasteiger partial charge in [-0.05, 0) is 32.6 Å². The lowest BCUT2D eigenvalue weighted by Crippen LogP contribution is -2.37. The van der Waals surface area contributed by atoms with Crippen LogP contribution in [0, 0.1) is 6.92 Å². The molecule has 2 fully saturated rings. The summed E-state index contributed by atoms with van der Waals surface area (Å²) in [4.78, 5) is 28.6. The highest BCUT2D eigenvalue weighted by Crippen LogP contribution is 2.16. The molecule has 2 aliphatic rings. The summed E-state index contributed by atoms with van der Waals surface area (Å²) in [5.41, 5.74) is 1.48. The van der Waals surface area contributed by atoms with Gasteiger partial charge in [-0.2, -0.15) is 5.10 Å². The first-order chi connectivity index (χ1) is 13.6. The number of nitrogens with zero attached hydrogens (tertiary/aromatic N) is 4. The Kier molecular flexibility index (Phi) is 7.44. The van der Waals surface area contributed by atoms with E-state index in [0.717, 1.165) is 44.5 Å². The SMILES string of the molecule is CCC(=O)N1CCCN(C(=O)c2cnn(CCO[C@H]3CCCCO3)c2C)CC1. The molecule has 0 saturated carbocycles. The van der Waals surface area contributed by atoms with Crippen LogP contribution in [0.15, 0.2) is 6.20 Å². The van der Waals surface area contributed by atoms with E-state index in [0.29, 0.717) is 44.8 Å². The monoisotopic (exact) mass is 392 g/mol. The largest absolute Gasteiger partial charge is 0.353 e. The molecule has 1 aromatic heterocycles. The number of hydrogen-bond acceptors (Lipinski definition) is 5. The third kappa shape index (κ3) is 5.11. The van der Waals surface area contributed by atoms with Crippen LogP contribution in [0.2, 0.25) is 0 Å². The second-order valence-corrected chi connectivity index (χ2v) is 7.41. The Balaban J connectivity index is 1.53. The number of carbonyl (C=O) groups excluding carboxylic acids is 2. The van der Waals surface area contributed by atoms with Crippen LogP contribution in [-0.2, 0) is 20.8 Å². The van der Waals surface area contributed by atoms with Gasteiger partial charge in [-0.1, -0.05) is 6.92 Å². The van der Waals surface area contributed by atoms with Gasteiger partial charge in [0.25, 0.3) is 5.91 Å². The third-order valence-electron chi connectivity index (χ3n) is 5.52. The minimum atomic E-state index is -0.114. The van der Waals surface area contributed by atoms with Crippen molar-refractivity contribution in [2.45, 2.75) is 58.8 Å². The van der Waals surface area contributed by atoms with Gasteiger partial charge in [-0.3, -0.25) is 14.3 Å². The summed E-state index contributed by atoms with van der Waals surface area (Å²) in [6.45, 7) is 8.21. The maximum Gasteiger partial charge on any atom is 0.257 e. The van der Waals surface area contributed by atoms with Crippen molar-refractivity contribution < 1.29 is 19.1 Å². The van der Waals surface area contributed by atoms with Crippen molar-refractivity contribution in [1.82, 2.24) is 19.6 Å². The van der Waals surface area contributed by atoms with Crippen molar-refractivity contribution in [3.8, 4) is 0 Å². The first-order valence-corrected chi connectivity index (χ1v) is 10.4. The van der Waals surface area contributed by atoms with E-state index >= 15 is 0 Å². The first kappa shape index (κ1) is 20.8. The zero-order valence-electron chi connectivity index (χ0n) is 17.1. The molecule has 2 saturated heterocycles. The zero-order chi connectivity index (χ0) is 19.9. The predicted octanol–water partition coefficient (Wildman–Crippen LogP) is 1.82. The number of amides is 2. The molecule has 8 nitrogen and oxygen atoms in total. The molecule has 0 bridgehead atoms. The Morgan fingerprint density at radius 3 is 2.71 bits per heavy atom. The normalized spacial score (nSPS) is 20.9. The van der Waals surface area contributed by atoms with E-state index in [1.165, 1.54) is 0 Å². The standard InChI is InChI=1S/C20H32N4O4/c1-3-18(25)22-8-6-9-23(11-10-22)20(26)17-15-21-24(16(17)2)12-14-28-19-7-4-5-13-27-19/h15,19H,3-14H2,1-2H3/t19-/m0/s1. The summed E-state index contributed by atoms with van der Waals surface area (Å²) >= 11 is 0. The van der Waals surface area contributed by atoms with E-state index in [9.17, 15) is 9.59 Å². The van der Waals surface area contributed by atoms with Crippen molar-refractivity contribution in [2.75, 3.05) is 39.4 Å². The zero-order valence-corrected chi connectivity index (χ0v) is 17.1. The predicted molar refractivity (Wildman–Crippen MR) is 104 cm³/mol. The number of hydrogen-bond donors (Lipinski definition) is 0. The van der Waals surface area contributed by atoms with Gasteiger partial charge >= 0.3 is 0 Å². The average Bonchev–Trinajstić information content (AvgIpc) is 2.93. The van der Waals surface area contributed by atoms with E-state index in [1.54, 1.807) is 6.20 Å². The van der Waals surface area contributed by atoms with Crippen LogP contribution in [-0.4, -0.2) is 77.1 Å². The smallest absolute Gasteiger partial charge is 0.257 e. The summed E-state index contributed by atoms with van der Waals surface area (Å²) in [6, 6.07) is 0. The second-order valence-electron chi connectivity index (χ2n) is 7.41. The summed E-state index contributed by atoms with van der Waals surface area (Å²) in [6.07, 6.45) is 6.03. The van der Waals surface area contributed by atoms with E-state index in [4.69, 9.17) is 9.47 Å². The fraction of sp³-hybridized carbons (Fsp3) is 0.750. The molecule has 3 rings (SSSR count). The molecular weight excluding hydrogens is 360 g/mol. The quantitative estimate of drug-likeness (QED) is 0.738. The van der Waals surface area contributed by atoms with Gasteiger partial charge in [0.2, 0.25) is 5.91 Å². The summed E-state index contributed by atoms with van der Waals surface area (Å²) in [5, 5.41) is 4.38. The maximum atomic E-state index is 13.0. The van der Waals surface area contributed by atoms with E-state index < -0.39 is 0 Å². The van der Waals surface area contributed by atoms with Crippen LogP contribution < -0.4 is 0 Å². The molecule has 0 unspecified atom stereocenters. The average molecular weight is 393 g/mol. The summed E-state index contributed by atoms with van der Waals surface area (Å²) < 4.78 is 13.2. The van der Waals surface area contributed by atoms with Crippen molar-refractivity contribution >= 4 is 11.8 Å². The fourth-order valence-electron chi connectivity index (χ4n) is 3.76. The topological polar surface area (TPSA) is 76.9 Å². The second kappa shape index (κ2) is 10.0. The van der Waals surface area contributed by atoms with Crippen molar-refractivity contribution in [2.24, 2.45) is 0 Å². The lowest BCUT2D eigenvalue weighted by atomic mass is 10.2. The van der Waals surface area contributed by atoms with Gasteiger partial charge < -0.3 is 19.3 Å². The summed E-state index contributed by atoms with van der Waals surface area (Å²) in [7, 11) is 0. The van der Waals surface area contributed by atoms with E-state index in [2.05, 4.69) is 5.10 Å². The van der Waals surface area contributed by atoms with Gasteiger partial charge in [0, 0.05) is 44.9 Å². The van der Waals surface area contributed by atoms with Crippen LogP contribution in [0.5, 0.6) is 0 Å². The highest BCUT2D eigenvalue weighted by atomic mass is 16.7. The molecule has 0 N–H and O–H groups in total. The number of aromatic nitrogens is 2. The molecule has 2 amide bonds. The molecule has 1 aromatic rings. The van der Waals surface area contributed by atoms with E-state index in [-0.39, 0.29) is 18.1 Å². The van der Waals surface area contributed by atoms with Crippen molar-refractivity contribution in [3.63, 3.8) is 0 Å². The Morgan fingerprint density at radius 2 is 1.96 bits per heavy atom. The van der Waals surface area contributed by atoms with Gasteiger partial charge in [0.1, 0.15) is 0 Å². The molecule has 0 aromatic carbocycles. The molecule has 156 valence electrons. The molecule has 1 atom stereocenters. The van der Waals surface area contributed by atoms with Gasteiger partial charge in [-0.15, -0.1) is 0 Å². The highest BCUT2D eigenvalue weighted by molar-refractivity contribution is 5.95. The molecule has 28 heavy (non-hydrogen) atoms. The number of rotatable bonds is 6. The number of ether oxygens (including phenoxy) is 2. The van der Waals surface area contributed by atoms with Gasteiger partial charge in [0.15, 0.2) is 6.29 Å². The van der Waals surface area contributed by atoms with Crippen LogP contribution >= 0.6 is 0 Å². The molecule has 8 heteroatoms. The van der Waals surface area contributed by atoms with Crippen LogP contribution in [0.3, 0.4) is 0 Å². The lowest BCUT2D eigenvalue weighted by Gasteiger charge is -2.23. The molecular formula is C20H32N4O4. The Morgan fingerprint density at radius 1 is 1.18 bits per heavy atom. The van der Waals surface area contributed by atoms with Crippen molar-refractivity contribution in [1.29, 1.82) is 0 Å². The Bertz CT molecular complexity index is 669. The number of carbonyl (C=O) groups is 2. The molecule has 2 aliphatic heterocycles. The molecule has 0 radical (unpaired) electrons. The van der Waals surface area contributed by atoms with Gasteiger partial charge in [-0.25, -0.2) is 0 Å². The first-order valence-electron chi connectivity index (χ1n) is 10.4. The van der Waals surface area contributed by atoms with Crippen LogP contribution in [0.25, 0.3) is 0 Å². The van der Waals surface area contributed by atoms with Crippen LogP contribution in [0.4, 0.5) is 0 Å². The molecule has 0 spiro atoms. The Hall–Kier alpha value is -1.93. The highest BCUT2D eigenvalue weighted by Gasteiger charge is 2.24. The van der Waals surface area contributed by atoms with Crippen LogP contribution in [0.1, 0.15) is 55.1 Å². The third-order valence-corrected chi connectivity index (χ3v) is 5.52. The minimum Gasteiger partial charge on any atom is -0.353 e. The Labute approximate surface area is 166 Å². The lowest BCUT2D eigenvalue weighted by molar-refractivity contribution is -0.163. The minimum absolute atomic E-state index is 0.00826. The van der Waals surface area contributed by atoms with E-state index in [1.807, 2.05) is 28.3 Å². The van der Waals surface area contributed by atoms with Crippen molar-refractivity contribution in [3.05, 3.63) is 17.5 Å². The summed E-state index contributed by atoms with van der Waals surface area (Å²) in [5.74, 6) is 0.145.